The molecule has 1 saturated carbocycles. The summed E-state index contributed by atoms with van der Waals surface area (Å²) < 4.78 is 0. The van der Waals surface area contributed by atoms with Crippen molar-refractivity contribution in [1.29, 1.82) is 5.26 Å². The normalized spacial score (nSPS) is 23.7. The molecule has 0 spiro atoms. The quantitative estimate of drug-likeness (QED) is 0.679. The highest BCUT2D eigenvalue weighted by Crippen LogP contribution is 2.30. The minimum atomic E-state index is -0.806. The molecule has 16 heavy (non-hydrogen) atoms. The summed E-state index contributed by atoms with van der Waals surface area (Å²) in [5, 5.41) is 19.8. The number of nitrogens with zero attached hydrogens (tertiary/aromatic N) is 1. The van der Waals surface area contributed by atoms with Crippen LogP contribution in [0, 0.1) is 23.2 Å². The number of carbonyl (C=O) groups excluding carboxylic acids is 1. The van der Waals surface area contributed by atoms with E-state index in [1.807, 2.05) is 6.07 Å². The van der Waals surface area contributed by atoms with Gasteiger partial charge in [-0.25, -0.2) is 0 Å². The lowest BCUT2D eigenvalue weighted by atomic mass is 10.0. The zero-order chi connectivity index (χ0) is 12.0. The van der Waals surface area contributed by atoms with Crippen LogP contribution in [0.25, 0.3) is 0 Å². The zero-order valence-corrected chi connectivity index (χ0v) is 9.11. The molecular formula is C11H16N2O3. The Hall–Kier alpha value is -1.57. The number of hydrogen-bond acceptors (Lipinski definition) is 3. The molecule has 1 rings (SSSR count). The average Bonchev–Trinajstić information content (AvgIpc) is 2.73. The van der Waals surface area contributed by atoms with Crippen LogP contribution in [0.15, 0.2) is 0 Å². The molecule has 88 valence electrons. The summed E-state index contributed by atoms with van der Waals surface area (Å²) in [4.78, 5) is 22.3. The zero-order valence-electron chi connectivity index (χ0n) is 9.11. The fourth-order valence-electron chi connectivity index (χ4n) is 1.97. The maximum atomic E-state index is 11.6. The van der Waals surface area contributed by atoms with Crippen molar-refractivity contribution in [2.75, 3.05) is 6.54 Å². The van der Waals surface area contributed by atoms with E-state index < -0.39 is 5.97 Å². The Balaban J connectivity index is 2.23. The highest BCUT2D eigenvalue weighted by molar-refractivity contribution is 5.80. The summed E-state index contributed by atoms with van der Waals surface area (Å²) >= 11 is 0. The predicted molar refractivity (Wildman–Crippen MR) is 56.3 cm³/mol. The molecule has 0 radical (unpaired) electrons. The van der Waals surface area contributed by atoms with E-state index in [-0.39, 0.29) is 17.7 Å². The third kappa shape index (κ3) is 3.54. The highest BCUT2D eigenvalue weighted by atomic mass is 16.4. The van der Waals surface area contributed by atoms with Crippen LogP contribution in [0.5, 0.6) is 0 Å². The van der Waals surface area contributed by atoms with Gasteiger partial charge in [0.05, 0.1) is 12.0 Å². The molecule has 5 heteroatoms. The standard InChI is InChI=1S/C11H16N2O3/c12-5-1-2-6-13-10(14)8-3-4-9(7-8)11(15)16/h8-9H,1-4,6-7H2,(H,13,14)(H,15,16)/t8-,9+/m1/s1. The third-order valence-electron chi connectivity index (χ3n) is 2.92. The summed E-state index contributed by atoms with van der Waals surface area (Å²) in [6.45, 7) is 0.501. The van der Waals surface area contributed by atoms with E-state index in [1.54, 1.807) is 0 Å². The molecule has 1 aliphatic carbocycles. The van der Waals surface area contributed by atoms with Crippen LogP contribution in [0.1, 0.15) is 32.1 Å². The summed E-state index contributed by atoms with van der Waals surface area (Å²) in [6.07, 6.45) is 2.77. The van der Waals surface area contributed by atoms with Crippen LogP contribution in [0.2, 0.25) is 0 Å². The van der Waals surface area contributed by atoms with Gasteiger partial charge in [0.1, 0.15) is 0 Å². The molecule has 1 aliphatic rings. The lowest BCUT2D eigenvalue weighted by Crippen LogP contribution is -2.30. The van der Waals surface area contributed by atoms with Gasteiger partial charge < -0.3 is 10.4 Å². The maximum Gasteiger partial charge on any atom is 0.306 e. The van der Waals surface area contributed by atoms with Crippen molar-refractivity contribution in [2.45, 2.75) is 32.1 Å². The molecule has 2 atom stereocenters. The first-order valence-electron chi connectivity index (χ1n) is 5.52. The minimum Gasteiger partial charge on any atom is -0.481 e. The first-order valence-corrected chi connectivity index (χ1v) is 5.52. The fraction of sp³-hybridized carbons (Fsp3) is 0.727. The van der Waals surface area contributed by atoms with Crippen molar-refractivity contribution in [2.24, 2.45) is 11.8 Å². The Labute approximate surface area is 94.4 Å². The fourth-order valence-corrected chi connectivity index (χ4v) is 1.97. The van der Waals surface area contributed by atoms with Crippen molar-refractivity contribution in [3.8, 4) is 6.07 Å². The molecule has 0 aromatic rings. The third-order valence-corrected chi connectivity index (χ3v) is 2.92. The monoisotopic (exact) mass is 224 g/mol. The van der Waals surface area contributed by atoms with Gasteiger partial charge in [-0.3, -0.25) is 9.59 Å². The molecule has 1 amide bonds. The number of carbonyl (C=O) groups is 2. The molecule has 1 fully saturated rings. The number of amides is 1. The Kier molecular flexibility index (Phi) is 4.77. The molecule has 0 saturated heterocycles. The number of carboxylic acid groups (broad SMARTS) is 1. The molecule has 0 aromatic heterocycles. The number of carboxylic acids is 1. The van der Waals surface area contributed by atoms with E-state index >= 15 is 0 Å². The average molecular weight is 224 g/mol. The predicted octanol–water partition coefficient (Wildman–Crippen LogP) is 0.907. The van der Waals surface area contributed by atoms with Gasteiger partial charge >= 0.3 is 5.97 Å². The molecular weight excluding hydrogens is 208 g/mol. The van der Waals surface area contributed by atoms with E-state index in [9.17, 15) is 9.59 Å². The smallest absolute Gasteiger partial charge is 0.306 e. The van der Waals surface area contributed by atoms with Gasteiger partial charge in [-0.15, -0.1) is 0 Å². The second-order valence-electron chi connectivity index (χ2n) is 4.10. The molecule has 0 unspecified atom stereocenters. The Bertz CT molecular complexity index is 309. The largest absolute Gasteiger partial charge is 0.481 e. The highest BCUT2D eigenvalue weighted by Gasteiger charge is 2.33. The maximum absolute atomic E-state index is 11.6. The number of aliphatic carboxylic acids is 1. The lowest BCUT2D eigenvalue weighted by molar-refractivity contribution is -0.141. The molecule has 0 heterocycles. The van der Waals surface area contributed by atoms with Crippen molar-refractivity contribution < 1.29 is 14.7 Å². The van der Waals surface area contributed by atoms with Crippen LogP contribution in [-0.2, 0) is 9.59 Å². The Morgan fingerprint density at radius 2 is 2.06 bits per heavy atom. The van der Waals surface area contributed by atoms with Gasteiger partial charge in [0.25, 0.3) is 0 Å². The van der Waals surface area contributed by atoms with E-state index in [1.165, 1.54) is 0 Å². The van der Waals surface area contributed by atoms with E-state index in [0.29, 0.717) is 38.6 Å². The summed E-state index contributed by atoms with van der Waals surface area (Å²) in [5.74, 6) is -1.40. The summed E-state index contributed by atoms with van der Waals surface area (Å²) in [6, 6.07) is 2.00. The Morgan fingerprint density at radius 3 is 2.62 bits per heavy atom. The van der Waals surface area contributed by atoms with Crippen LogP contribution >= 0.6 is 0 Å². The van der Waals surface area contributed by atoms with Crippen molar-refractivity contribution in [1.82, 2.24) is 5.32 Å². The number of unbranched alkanes of at least 4 members (excludes halogenated alkanes) is 1. The van der Waals surface area contributed by atoms with E-state index in [2.05, 4.69) is 5.32 Å². The van der Waals surface area contributed by atoms with Gasteiger partial charge in [0.2, 0.25) is 5.91 Å². The molecule has 2 N–H and O–H groups in total. The summed E-state index contributed by atoms with van der Waals surface area (Å²) in [5.41, 5.74) is 0. The summed E-state index contributed by atoms with van der Waals surface area (Å²) in [7, 11) is 0. The van der Waals surface area contributed by atoms with Crippen molar-refractivity contribution in [3.63, 3.8) is 0 Å². The second-order valence-corrected chi connectivity index (χ2v) is 4.10. The van der Waals surface area contributed by atoms with Crippen molar-refractivity contribution >= 4 is 11.9 Å². The molecule has 0 aliphatic heterocycles. The first kappa shape index (κ1) is 12.5. The number of rotatable bonds is 5. The van der Waals surface area contributed by atoms with Gasteiger partial charge in [0, 0.05) is 18.9 Å². The molecule has 0 aromatic carbocycles. The van der Waals surface area contributed by atoms with Gasteiger partial charge in [-0.2, -0.15) is 5.26 Å². The lowest BCUT2D eigenvalue weighted by Gasteiger charge is -2.09. The van der Waals surface area contributed by atoms with Crippen molar-refractivity contribution in [3.05, 3.63) is 0 Å². The molecule has 0 bridgehead atoms. The Morgan fingerprint density at radius 1 is 1.38 bits per heavy atom. The van der Waals surface area contributed by atoms with Crippen LogP contribution in [0.4, 0.5) is 0 Å². The van der Waals surface area contributed by atoms with Crippen LogP contribution < -0.4 is 5.32 Å². The number of nitriles is 1. The van der Waals surface area contributed by atoms with Gasteiger partial charge in [-0.05, 0) is 25.7 Å². The van der Waals surface area contributed by atoms with Gasteiger partial charge in [0.15, 0.2) is 0 Å². The first-order chi connectivity index (χ1) is 7.65. The number of nitrogens with one attached hydrogen (secondary N) is 1. The number of hydrogen-bond donors (Lipinski definition) is 2. The SMILES string of the molecule is N#CCCCNC(=O)[C@@H]1CC[C@H](C(=O)O)C1. The van der Waals surface area contributed by atoms with Gasteiger partial charge in [-0.1, -0.05) is 0 Å². The minimum absolute atomic E-state index is 0.0679. The van der Waals surface area contributed by atoms with Crippen LogP contribution in [0.3, 0.4) is 0 Å². The van der Waals surface area contributed by atoms with E-state index in [0.717, 1.165) is 0 Å². The topological polar surface area (TPSA) is 90.2 Å². The van der Waals surface area contributed by atoms with Crippen LogP contribution in [-0.4, -0.2) is 23.5 Å². The molecule has 5 nitrogen and oxygen atoms in total. The van der Waals surface area contributed by atoms with E-state index in [4.69, 9.17) is 10.4 Å². The second kappa shape index (κ2) is 6.11.